The monoisotopic (exact) mass is 459 g/mol. The third-order valence-electron chi connectivity index (χ3n) is 4.63. The molecule has 4 rings (SSSR count). The highest BCUT2D eigenvalue weighted by Crippen LogP contribution is 2.33. The summed E-state index contributed by atoms with van der Waals surface area (Å²) in [7, 11) is 1.97. The lowest BCUT2D eigenvalue weighted by atomic mass is 10.1. The van der Waals surface area contributed by atoms with Crippen LogP contribution in [0, 0.1) is 12.7 Å². The van der Waals surface area contributed by atoms with Crippen LogP contribution in [-0.2, 0) is 4.74 Å². The number of aryl methyl sites for hydroxylation is 1. The van der Waals surface area contributed by atoms with Gasteiger partial charge in [-0.15, -0.1) is 0 Å². The first-order chi connectivity index (χ1) is 11.9. The summed E-state index contributed by atoms with van der Waals surface area (Å²) in [4.78, 5) is 37.1. The Morgan fingerprint density at radius 3 is 2.80 bits per heavy atom. The van der Waals surface area contributed by atoms with Gasteiger partial charge in [0, 0.05) is 19.6 Å². The number of carbonyl (C=O) groups is 1. The van der Waals surface area contributed by atoms with Gasteiger partial charge in [-0.1, -0.05) is 0 Å². The highest BCUT2D eigenvalue weighted by atomic mass is 127. The molecule has 0 amide bonds. The molecule has 0 bridgehead atoms. The number of aromatic nitrogens is 3. The van der Waals surface area contributed by atoms with Gasteiger partial charge in [-0.05, 0) is 14.0 Å². The molecule has 0 saturated carbocycles. The Morgan fingerprint density at radius 1 is 1.28 bits per heavy atom. The summed E-state index contributed by atoms with van der Waals surface area (Å²) in [5.41, 5.74) is -0.518. The molecule has 8 nitrogen and oxygen atoms in total. The number of piperazine rings is 1. The van der Waals surface area contributed by atoms with Gasteiger partial charge in [0.2, 0.25) is 0 Å². The van der Waals surface area contributed by atoms with E-state index in [-0.39, 0.29) is 34.9 Å². The molecule has 1 unspecified atom stereocenters. The fraction of sp³-hybridized carbons (Fsp3) is 0.467. The van der Waals surface area contributed by atoms with Crippen LogP contribution >= 0.6 is 22.9 Å². The lowest BCUT2D eigenvalue weighted by molar-refractivity contribution is 0.0440. The van der Waals surface area contributed by atoms with E-state index < -0.39 is 17.5 Å². The van der Waals surface area contributed by atoms with Crippen molar-refractivity contribution in [1.82, 2.24) is 17.6 Å². The summed E-state index contributed by atoms with van der Waals surface area (Å²) in [5, 5.41) is 0.233. The van der Waals surface area contributed by atoms with Crippen molar-refractivity contribution in [3.8, 4) is 0 Å². The molecule has 0 aromatic carbocycles. The van der Waals surface area contributed by atoms with Gasteiger partial charge in [-0.3, -0.25) is 0 Å². The Kier molecular flexibility index (Phi) is 3.90. The lowest BCUT2D eigenvalue weighted by Gasteiger charge is -2.41. The number of pyridine rings is 1. The summed E-state index contributed by atoms with van der Waals surface area (Å²) in [6.45, 7) is 3.63. The van der Waals surface area contributed by atoms with E-state index in [0.29, 0.717) is 18.9 Å². The highest BCUT2D eigenvalue weighted by molar-refractivity contribution is 14.1. The molecule has 0 radical (unpaired) electrons. The molecule has 25 heavy (non-hydrogen) atoms. The Balaban J connectivity index is 2.11. The molecule has 10 heteroatoms. The number of cyclic esters (lactones) is 1. The number of hydrogen-bond acceptors (Lipinski definition) is 7. The van der Waals surface area contributed by atoms with Crippen LogP contribution in [0.4, 0.5) is 10.2 Å². The number of hydrogen-bond donors (Lipinski definition) is 0. The predicted octanol–water partition coefficient (Wildman–Crippen LogP) is 0.728. The highest BCUT2D eigenvalue weighted by Gasteiger charge is 2.35. The maximum absolute atomic E-state index is 14.8. The van der Waals surface area contributed by atoms with Gasteiger partial charge in [0.1, 0.15) is 17.9 Å². The van der Waals surface area contributed by atoms with Gasteiger partial charge in [-0.2, -0.15) is 4.98 Å². The molecule has 0 spiro atoms. The SMILES string of the molecule is Cc1nc2c3c(nc(=O)n(I)c3c1F)N1CCN(C)CC1COC2=O. The topological polar surface area (TPSA) is 80.6 Å². The number of carbonyl (C=O) groups excluding carboxylic acids is 1. The first-order valence-corrected chi connectivity index (χ1v) is 8.76. The maximum atomic E-state index is 14.8. The largest absolute Gasteiger partial charge is 0.459 e. The predicted molar refractivity (Wildman–Crippen MR) is 96.8 cm³/mol. The molecule has 0 N–H and O–H groups in total. The van der Waals surface area contributed by atoms with Crippen molar-refractivity contribution >= 4 is 45.6 Å². The Hall–Kier alpha value is -1.82. The second kappa shape index (κ2) is 5.87. The zero-order valence-electron chi connectivity index (χ0n) is 13.6. The summed E-state index contributed by atoms with van der Waals surface area (Å²) in [5.74, 6) is -0.948. The Labute approximate surface area is 156 Å². The molecule has 1 atom stereocenters. The minimum absolute atomic E-state index is 0.000746. The smallest absolute Gasteiger partial charge is 0.359 e. The molecule has 4 heterocycles. The molecule has 2 aromatic rings. The lowest BCUT2D eigenvalue weighted by Crippen LogP contribution is -2.55. The Bertz CT molecular complexity index is 963. The number of halogens is 2. The van der Waals surface area contributed by atoms with E-state index in [0.717, 1.165) is 9.33 Å². The quantitative estimate of drug-likeness (QED) is 0.425. The van der Waals surface area contributed by atoms with Crippen molar-refractivity contribution in [2.24, 2.45) is 0 Å². The normalized spacial score (nSPS) is 20.9. The van der Waals surface area contributed by atoms with Crippen molar-refractivity contribution in [1.29, 1.82) is 0 Å². The van der Waals surface area contributed by atoms with Crippen molar-refractivity contribution < 1.29 is 13.9 Å². The first kappa shape index (κ1) is 16.6. The number of rotatable bonds is 0. The molecule has 2 aliphatic heterocycles. The molecule has 2 aliphatic rings. The van der Waals surface area contributed by atoms with Crippen LogP contribution in [-0.4, -0.2) is 62.9 Å². The van der Waals surface area contributed by atoms with Crippen molar-refractivity contribution in [2.45, 2.75) is 13.0 Å². The number of anilines is 1. The number of esters is 1. The van der Waals surface area contributed by atoms with E-state index in [1.807, 2.05) is 11.9 Å². The van der Waals surface area contributed by atoms with E-state index in [9.17, 15) is 14.0 Å². The average molecular weight is 459 g/mol. The second-order valence-corrected chi connectivity index (χ2v) is 7.26. The van der Waals surface area contributed by atoms with Crippen LogP contribution in [0.3, 0.4) is 0 Å². The van der Waals surface area contributed by atoms with Gasteiger partial charge in [-0.25, -0.2) is 21.7 Å². The van der Waals surface area contributed by atoms with Crippen LogP contribution in [0.2, 0.25) is 0 Å². The second-order valence-electron chi connectivity index (χ2n) is 6.29. The van der Waals surface area contributed by atoms with E-state index in [1.54, 1.807) is 22.9 Å². The van der Waals surface area contributed by atoms with Gasteiger partial charge in [0.15, 0.2) is 11.5 Å². The molecule has 0 aliphatic carbocycles. The van der Waals surface area contributed by atoms with Gasteiger partial charge in [0.25, 0.3) is 0 Å². The van der Waals surface area contributed by atoms with E-state index in [1.165, 1.54) is 6.92 Å². The summed E-state index contributed by atoms with van der Waals surface area (Å²) >= 11 is 1.69. The van der Waals surface area contributed by atoms with E-state index >= 15 is 0 Å². The minimum atomic E-state index is -0.632. The van der Waals surface area contributed by atoms with Crippen molar-refractivity contribution in [3.05, 3.63) is 27.7 Å². The molecule has 2 aromatic heterocycles. The van der Waals surface area contributed by atoms with E-state index in [2.05, 4.69) is 14.9 Å². The van der Waals surface area contributed by atoms with Crippen LogP contribution in [0.15, 0.2) is 4.79 Å². The van der Waals surface area contributed by atoms with Crippen LogP contribution in [0.1, 0.15) is 16.2 Å². The summed E-state index contributed by atoms with van der Waals surface area (Å²) < 4.78 is 21.3. The van der Waals surface area contributed by atoms with E-state index in [4.69, 9.17) is 4.74 Å². The van der Waals surface area contributed by atoms with Gasteiger partial charge < -0.3 is 14.5 Å². The van der Waals surface area contributed by atoms with Crippen molar-refractivity contribution in [2.75, 3.05) is 38.2 Å². The zero-order chi connectivity index (χ0) is 17.9. The first-order valence-electron chi connectivity index (χ1n) is 7.79. The third-order valence-corrected chi connectivity index (χ3v) is 5.52. The minimum Gasteiger partial charge on any atom is -0.459 e. The molecular formula is C15H15FIN5O3. The average Bonchev–Trinajstić information content (AvgIpc) is 2.57. The van der Waals surface area contributed by atoms with Crippen molar-refractivity contribution in [3.63, 3.8) is 0 Å². The number of fused-ring (bicyclic) bond motifs is 2. The standard InChI is InChI=1S/C15H15FIN5O3/c1-7-10(16)12-9-11(18-7)14(23)25-6-8-5-20(2)3-4-21(8)13(9)19-15(24)22(12)17/h8H,3-6H2,1-2H3. The fourth-order valence-corrected chi connectivity index (χ4v) is 3.94. The molecule has 132 valence electrons. The maximum Gasteiger partial charge on any atom is 0.359 e. The molecular weight excluding hydrogens is 444 g/mol. The number of likely N-dealkylation sites (N-methyl/N-ethyl adjacent to an activating group) is 1. The Morgan fingerprint density at radius 2 is 2.04 bits per heavy atom. The molecule has 1 fully saturated rings. The summed E-state index contributed by atoms with van der Waals surface area (Å²) in [6.07, 6.45) is 0. The van der Waals surface area contributed by atoms with Gasteiger partial charge in [0.05, 0.1) is 40.0 Å². The van der Waals surface area contributed by atoms with Crippen LogP contribution < -0.4 is 10.6 Å². The van der Waals surface area contributed by atoms with Crippen LogP contribution in [0.5, 0.6) is 0 Å². The summed E-state index contributed by atoms with van der Waals surface area (Å²) in [6, 6.07) is -0.152. The fourth-order valence-electron chi connectivity index (χ4n) is 3.38. The van der Waals surface area contributed by atoms with Gasteiger partial charge >= 0.3 is 11.7 Å². The molecule has 1 saturated heterocycles. The number of nitrogens with zero attached hydrogens (tertiary/aromatic N) is 5. The zero-order valence-corrected chi connectivity index (χ0v) is 15.8. The van der Waals surface area contributed by atoms with Crippen LogP contribution in [0.25, 0.3) is 10.9 Å². The number of ether oxygens (including phenoxy) is 1. The third kappa shape index (κ3) is 2.49.